The van der Waals surface area contributed by atoms with Crippen LogP contribution in [0.4, 0.5) is 5.82 Å². The molecule has 1 aliphatic carbocycles. The maximum Gasteiger partial charge on any atom is 0.224 e. The zero-order chi connectivity index (χ0) is 12.5. The number of aromatic nitrogens is 2. The average molecular weight is 284 g/mol. The highest BCUT2D eigenvalue weighted by Crippen LogP contribution is 2.37. The number of hydrogen-bond acceptors (Lipinski definition) is 4. The average Bonchev–Trinajstić information content (AvgIpc) is 2.77. The SMILES string of the molecule is CC1CCCC(Nc2nc(Cl)nc3c2SCC3)C1. The monoisotopic (exact) mass is 283 g/mol. The molecule has 0 amide bonds. The summed E-state index contributed by atoms with van der Waals surface area (Å²) in [6, 6.07) is 0.546. The molecule has 3 nitrogen and oxygen atoms in total. The van der Waals surface area contributed by atoms with Gasteiger partial charge in [-0.15, -0.1) is 11.8 Å². The first-order valence-electron chi connectivity index (χ1n) is 6.68. The topological polar surface area (TPSA) is 37.8 Å². The number of hydrogen-bond donors (Lipinski definition) is 1. The minimum Gasteiger partial charge on any atom is -0.366 e. The van der Waals surface area contributed by atoms with Gasteiger partial charge in [-0.3, -0.25) is 0 Å². The van der Waals surface area contributed by atoms with E-state index in [4.69, 9.17) is 11.6 Å². The van der Waals surface area contributed by atoms with Crippen LogP contribution < -0.4 is 5.32 Å². The Morgan fingerprint density at radius 2 is 2.22 bits per heavy atom. The molecule has 1 fully saturated rings. The van der Waals surface area contributed by atoms with Gasteiger partial charge >= 0.3 is 0 Å². The Bertz CT molecular complexity index is 452. The van der Waals surface area contributed by atoms with E-state index in [0.29, 0.717) is 11.3 Å². The van der Waals surface area contributed by atoms with Crippen LogP contribution in [-0.2, 0) is 6.42 Å². The lowest BCUT2D eigenvalue weighted by Crippen LogP contribution is -2.27. The van der Waals surface area contributed by atoms with Gasteiger partial charge in [0.25, 0.3) is 0 Å². The highest BCUT2D eigenvalue weighted by atomic mass is 35.5. The molecular weight excluding hydrogens is 266 g/mol. The number of fused-ring (bicyclic) bond motifs is 1. The van der Waals surface area contributed by atoms with E-state index in [9.17, 15) is 0 Å². The molecule has 98 valence electrons. The molecule has 0 radical (unpaired) electrons. The van der Waals surface area contributed by atoms with Crippen molar-refractivity contribution in [3.05, 3.63) is 11.0 Å². The molecule has 1 saturated carbocycles. The number of aryl methyl sites for hydroxylation is 1. The Kier molecular flexibility index (Phi) is 3.66. The lowest BCUT2D eigenvalue weighted by molar-refractivity contribution is 0.358. The number of nitrogens with zero attached hydrogens (tertiary/aromatic N) is 2. The molecule has 1 N–H and O–H groups in total. The van der Waals surface area contributed by atoms with Crippen LogP contribution in [0.3, 0.4) is 0 Å². The van der Waals surface area contributed by atoms with Crippen LogP contribution in [0, 0.1) is 5.92 Å². The number of thioether (sulfide) groups is 1. The minimum absolute atomic E-state index is 0.377. The van der Waals surface area contributed by atoms with Gasteiger partial charge in [0.1, 0.15) is 5.82 Å². The summed E-state index contributed by atoms with van der Waals surface area (Å²) in [6.07, 6.45) is 6.16. The maximum absolute atomic E-state index is 6.00. The van der Waals surface area contributed by atoms with E-state index in [1.807, 2.05) is 11.8 Å². The summed E-state index contributed by atoms with van der Waals surface area (Å²) < 4.78 is 0. The van der Waals surface area contributed by atoms with E-state index in [1.54, 1.807) is 0 Å². The zero-order valence-electron chi connectivity index (χ0n) is 10.6. The minimum atomic E-state index is 0.377. The van der Waals surface area contributed by atoms with Gasteiger partial charge in [0, 0.05) is 18.2 Å². The highest BCUT2D eigenvalue weighted by molar-refractivity contribution is 7.99. The molecular formula is C13H18ClN3S. The second-order valence-electron chi connectivity index (χ2n) is 5.33. The van der Waals surface area contributed by atoms with E-state index >= 15 is 0 Å². The van der Waals surface area contributed by atoms with Crippen LogP contribution in [0.15, 0.2) is 4.90 Å². The van der Waals surface area contributed by atoms with Crippen LogP contribution in [0.2, 0.25) is 5.28 Å². The fourth-order valence-electron chi connectivity index (χ4n) is 2.89. The molecule has 5 heteroatoms. The van der Waals surface area contributed by atoms with Gasteiger partial charge in [-0.05, 0) is 30.4 Å². The summed E-state index contributed by atoms with van der Waals surface area (Å²) in [7, 11) is 0. The largest absolute Gasteiger partial charge is 0.366 e. The van der Waals surface area contributed by atoms with Crippen LogP contribution in [0.5, 0.6) is 0 Å². The standard InChI is InChI=1S/C13H18ClN3S/c1-8-3-2-4-9(7-8)15-12-11-10(5-6-18-11)16-13(14)17-12/h8-9H,2-7H2,1H3,(H,15,16,17). The summed E-state index contributed by atoms with van der Waals surface area (Å²) in [6.45, 7) is 2.33. The summed E-state index contributed by atoms with van der Waals surface area (Å²) >= 11 is 7.85. The number of halogens is 1. The van der Waals surface area contributed by atoms with Crippen molar-refractivity contribution in [2.45, 2.75) is 50.0 Å². The number of anilines is 1. The summed E-state index contributed by atoms with van der Waals surface area (Å²) in [5.74, 6) is 2.88. The smallest absolute Gasteiger partial charge is 0.224 e. The molecule has 1 aromatic rings. The Morgan fingerprint density at radius 1 is 1.33 bits per heavy atom. The van der Waals surface area contributed by atoms with E-state index < -0.39 is 0 Å². The molecule has 18 heavy (non-hydrogen) atoms. The lowest BCUT2D eigenvalue weighted by atomic mass is 9.87. The van der Waals surface area contributed by atoms with E-state index in [1.165, 1.54) is 30.6 Å². The van der Waals surface area contributed by atoms with Gasteiger partial charge in [0.05, 0.1) is 10.6 Å². The maximum atomic E-state index is 6.00. The van der Waals surface area contributed by atoms with E-state index in [0.717, 1.165) is 29.6 Å². The third-order valence-electron chi connectivity index (χ3n) is 3.77. The fraction of sp³-hybridized carbons (Fsp3) is 0.692. The van der Waals surface area contributed by atoms with Gasteiger partial charge in [0.15, 0.2) is 0 Å². The van der Waals surface area contributed by atoms with Crippen molar-refractivity contribution >= 4 is 29.2 Å². The molecule has 0 saturated heterocycles. The van der Waals surface area contributed by atoms with Gasteiger partial charge in [-0.25, -0.2) is 4.98 Å². The van der Waals surface area contributed by atoms with E-state index in [-0.39, 0.29) is 0 Å². The Hall–Kier alpha value is -0.480. The fourth-order valence-corrected chi connectivity index (χ4v) is 4.14. The lowest BCUT2D eigenvalue weighted by Gasteiger charge is -2.28. The predicted octanol–water partition coefficient (Wildman–Crippen LogP) is 3.77. The quantitative estimate of drug-likeness (QED) is 0.839. The molecule has 0 bridgehead atoms. The van der Waals surface area contributed by atoms with Crippen molar-refractivity contribution < 1.29 is 0 Å². The second kappa shape index (κ2) is 5.25. The van der Waals surface area contributed by atoms with Crippen molar-refractivity contribution in [3.8, 4) is 0 Å². The summed E-state index contributed by atoms with van der Waals surface area (Å²) in [5, 5.41) is 3.97. The first-order chi connectivity index (χ1) is 8.72. The Labute approximate surface area is 117 Å². The molecule has 2 heterocycles. The van der Waals surface area contributed by atoms with E-state index in [2.05, 4.69) is 22.2 Å². The van der Waals surface area contributed by atoms with Crippen LogP contribution >= 0.6 is 23.4 Å². The van der Waals surface area contributed by atoms with Crippen LogP contribution in [0.1, 0.15) is 38.3 Å². The van der Waals surface area contributed by atoms with Gasteiger partial charge in [-0.2, -0.15) is 4.98 Å². The second-order valence-corrected chi connectivity index (χ2v) is 6.77. The van der Waals surface area contributed by atoms with Gasteiger partial charge in [0.2, 0.25) is 5.28 Å². The number of rotatable bonds is 2. The molecule has 0 aromatic carbocycles. The summed E-state index contributed by atoms with van der Waals surface area (Å²) in [4.78, 5) is 9.92. The van der Waals surface area contributed by atoms with Gasteiger partial charge < -0.3 is 5.32 Å². The van der Waals surface area contributed by atoms with Crippen molar-refractivity contribution in [2.75, 3.05) is 11.1 Å². The van der Waals surface area contributed by atoms with Crippen molar-refractivity contribution in [1.29, 1.82) is 0 Å². The molecule has 2 unspecified atom stereocenters. The number of nitrogens with one attached hydrogen (secondary N) is 1. The molecule has 0 spiro atoms. The third-order valence-corrected chi connectivity index (χ3v) is 5.07. The Balaban J connectivity index is 1.80. The first-order valence-corrected chi connectivity index (χ1v) is 8.04. The molecule has 2 aliphatic rings. The molecule has 2 atom stereocenters. The van der Waals surface area contributed by atoms with Crippen molar-refractivity contribution in [1.82, 2.24) is 9.97 Å². The van der Waals surface area contributed by atoms with Crippen LogP contribution in [-0.4, -0.2) is 21.8 Å². The van der Waals surface area contributed by atoms with Crippen LogP contribution in [0.25, 0.3) is 0 Å². The summed E-state index contributed by atoms with van der Waals surface area (Å²) in [5.41, 5.74) is 1.12. The first kappa shape index (κ1) is 12.5. The molecule has 1 aromatic heterocycles. The van der Waals surface area contributed by atoms with Crippen molar-refractivity contribution in [2.24, 2.45) is 5.92 Å². The third kappa shape index (κ3) is 2.59. The molecule has 1 aliphatic heterocycles. The predicted molar refractivity (Wildman–Crippen MR) is 76.5 cm³/mol. The zero-order valence-corrected chi connectivity index (χ0v) is 12.2. The van der Waals surface area contributed by atoms with Gasteiger partial charge in [-0.1, -0.05) is 19.8 Å². The highest BCUT2D eigenvalue weighted by Gasteiger charge is 2.24. The molecule has 3 rings (SSSR count). The normalized spacial score (nSPS) is 27.0. The Morgan fingerprint density at radius 3 is 3.06 bits per heavy atom. The van der Waals surface area contributed by atoms with Crippen molar-refractivity contribution in [3.63, 3.8) is 0 Å².